The summed E-state index contributed by atoms with van der Waals surface area (Å²) in [6.45, 7) is 1.60. The van der Waals surface area contributed by atoms with Crippen LogP contribution in [0.2, 0.25) is 0 Å². The van der Waals surface area contributed by atoms with Crippen molar-refractivity contribution >= 4 is 28.4 Å². The van der Waals surface area contributed by atoms with Gasteiger partial charge in [0, 0.05) is 12.6 Å². The van der Waals surface area contributed by atoms with Crippen molar-refractivity contribution < 1.29 is 17.9 Å². The van der Waals surface area contributed by atoms with Crippen molar-refractivity contribution in [3.8, 4) is 0 Å². The molecule has 21 heavy (non-hydrogen) atoms. The number of rotatable bonds is 4. The Kier molecular flexibility index (Phi) is 7.39. The number of sulfonamides is 1. The highest BCUT2D eigenvalue weighted by atomic mass is 35.5. The molecule has 0 aromatic rings. The van der Waals surface area contributed by atoms with Gasteiger partial charge < -0.3 is 10.1 Å². The molecule has 0 spiro atoms. The molecule has 6 nitrogen and oxygen atoms in total. The SMILES string of the molecule is COC(=O)C1CCCCC1S(=O)(=O)N[C@H]1CCCNC1.Cl. The van der Waals surface area contributed by atoms with Crippen LogP contribution >= 0.6 is 12.4 Å². The lowest BCUT2D eigenvalue weighted by atomic mass is 9.89. The van der Waals surface area contributed by atoms with E-state index in [0.29, 0.717) is 19.4 Å². The first-order valence-electron chi connectivity index (χ1n) is 7.34. The molecule has 0 radical (unpaired) electrons. The van der Waals surface area contributed by atoms with Crippen LogP contribution in [0.1, 0.15) is 38.5 Å². The van der Waals surface area contributed by atoms with Crippen LogP contribution in [0.15, 0.2) is 0 Å². The molecule has 1 saturated carbocycles. The first-order valence-corrected chi connectivity index (χ1v) is 8.89. The van der Waals surface area contributed by atoms with E-state index in [0.717, 1.165) is 32.2 Å². The van der Waals surface area contributed by atoms with E-state index >= 15 is 0 Å². The zero-order valence-corrected chi connectivity index (χ0v) is 14.0. The number of methoxy groups -OCH3 is 1. The van der Waals surface area contributed by atoms with Gasteiger partial charge in [-0.25, -0.2) is 13.1 Å². The fourth-order valence-electron chi connectivity index (χ4n) is 3.16. The predicted molar refractivity (Wildman–Crippen MR) is 83.0 cm³/mol. The van der Waals surface area contributed by atoms with Gasteiger partial charge in [-0.3, -0.25) is 4.79 Å². The van der Waals surface area contributed by atoms with Crippen molar-refractivity contribution in [2.24, 2.45) is 5.92 Å². The Bertz CT molecular complexity index is 437. The van der Waals surface area contributed by atoms with Gasteiger partial charge in [-0.15, -0.1) is 12.4 Å². The van der Waals surface area contributed by atoms with Crippen LogP contribution in [-0.2, 0) is 19.6 Å². The molecule has 0 amide bonds. The highest BCUT2D eigenvalue weighted by molar-refractivity contribution is 7.90. The molecule has 1 aliphatic carbocycles. The Labute approximate surface area is 132 Å². The molecule has 2 aliphatic rings. The quantitative estimate of drug-likeness (QED) is 0.740. The number of carbonyl (C=O) groups is 1. The van der Waals surface area contributed by atoms with Gasteiger partial charge in [0.05, 0.1) is 18.3 Å². The maximum atomic E-state index is 12.5. The summed E-state index contributed by atoms with van der Waals surface area (Å²) >= 11 is 0. The number of esters is 1. The molecule has 8 heteroatoms. The highest BCUT2D eigenvalue weighted by Gasteiger charge is 2.41. The Morgan fingerprint density at radius 3 is 2.52 bits per heavy atom. The molecular formula is C13H25ClN2O4S. The molecule has 0 aromatic heterocycles. The van der Waals surface area contributed by atoms with Crippen LogP contribution < -0.4 is 10.0 Å². The van der Waals surface area contributed by atoms with E-state index in [2.05, 4.69) is 10.0 Å². The average molecular weight is 341 g/mol. The van der Waals surface area contributed by atoms with Crippen molar-refractivity contribution in [1.82, 2.24) is 10.0 Å². The summed E-state index contributed by atoms with van der Waals surface area (Å²) in [6, 6.07) is -0.0611. The van der Waals surface area contributed by atoms with Gasteiger partial charge in [-0.2, -0.15) is 0 Å². The fraction of sp³-hybridized carbons (Fsp3) is 0.923. The van der Waals surface area contributed by atoms with Crippen molar-refractivity contribution in [2.75, 3.05) is 20.2 Å². The largest absolute Gasteiger partial charge is 0.469 e. The Hall–Kier alpha value is -0.370. The topological polar surface area (TPSA) is 84.5 Å². The first kappa shape index (κ1) is 18.7. The molecule has 2 N–H and O–H groups in total. The second-order valence-electron chi connectivity index (χ2n) is 5.66. The van der Waals surface area contributed by atoms with Crippen molar-refractivity contribution in [1.29, 1.82) is 0 Å². The Morgan fingerprint density at radius 1 is 1.19 bits per heavy atom. The summed E-state index contributed by atoms with van der Waals surface area (Å²) in [7, 11) is -2.16. The van der Waals surface area contributed by atoms with Gasteiger partial charge >= 0.3 is 5.97 Å². The molecular weight excluding hydrogens is 316 g/mol. The van der Waals surface area contributed by atoms with E-state index < -0.39 is 27.2 Å². The summed E-state index contributed by atoms with van der Waals surface area (Å²) in [4.78, 5) is 11.8. The van der Waals surface area contributed by atoms with Crippen LogP contribution in [-0.4, -0.2) is 45.9 Å². The molecule has 2 fully saturated rings. The summed E-state index contributed by atoms with van der Waals surface area (Å²) in [5, 5.41) is 2.54. The number of carbonyl (C=O) groups excluding carboxylic acids is 1. The third kappa shape index (κ3) is 4.81. The molecule has 1 saturated heterocycles. The standard InChI is InChI=1S/C13H24N2O4S.ClH/c1-19-13(16)11-6-2-3-7-12(11)20(17,18)15-10-5-4-8-14-9-10;/h10-12,14-15H,2-9H2,1H3;1H/t10-,11?,12?;/m0./s1. The molecule has 1 aliphatic heterocycles. The van der Waals surface area contributed by atoms with E-state index in [-0.39, 0.29) is 18.4 Å². The molecule has 0 bridgehead atoms. The lowest BCUT2D eigenvalue weighted by Gasteiger charge is -2.32. The Balaban J connectivity index is 0.00000220. The minimum absolute atomic E-state index is 0. The second kappa shape index (κ2) is 8.31. The van der Waals surface area contributed by atoms with Gasteiger partial charge in [-0.1, -0.05) is 12.8 Å². The van der Waals surface area contributed by atoms with E-state index in [1.54, 1.807) is 0 Å². The third-order valence-electron chi connectivity index (χ3n) is 4.23. The minimum atomic E-state index is -3.48. The maximum Gasteiger partial charge on any atom is 0.310 e. The first-order chi connectivity index (χ1) is 9.54. The minimum Gasteiger partial charge on any atom is -0.469 e. The summed E-state index contributed by atoms with van der Waals surface area (Å²) in [5.41, 5.74) is 0. The van der Waals surface area contributed by atoms with Gasteiger partial charge in [-0.05, 0) is 32.2 Å². The number of ether oxygens (including phenoxy) is 1. The van der Waals surface area contributed by atoms with Crippen molar-refractivity contribution in [3.63, 3.8) is 0 Å². The number of hydrogen-bond acceptors (Lipinski definition) is 5. The van der Waals surface area contributed by atoms with Gasteiger partial charge in [0.25, 0.3) is 0 Å². The number of hydrogen-bond donors (Lipinski definition) is 2. The molecule has 2 unspecified atom stereocenters. The summed E-state index contributed by atoms with van der Waals surface area (Å²) in [6.07, 6.45) is 4.69. The maximum absolute atomic E-state index is 12.5. The van der Waals surface area contributed by atoms with Gasteiger partial charge in [0.2, 0.25) is 10.0 Å². The van der Waals surface area contributed by atoms with E-state index in [4.69, 9.17) is 4.74 Å². The summed E-state index contributed by atoms with van der Waals surface area (Å²) < 4.78 is 32.6. The van der Waals surface area contributed by atoms with Crippen LogP contribution in [0.25, 0.3) is 0 Å². The lowest BCUT2D eigenvalue weighted by molar-refractivity contribution is -0.146. The third-order valence-corrected chi connectivity index (χ3v) is 6.26. The van der Waals surface area contributed by atoms with E-state index in [1.165, 1.54) is 7.11 Å². The highest BCUT2D eigenvalue weighted by Crippen LogP contribution is 2.30. The Morgan fingerprint density at radius 2 is 1.90 bits per heavy atom. The molecule has 0 aromatic carbocycles. The van der Waals surface area contributed by atoms with E-state index in [9.17, 15) is 13.2 Å². The van der Waals surface area contributed by atoms with Crippen LogP contribution in [0.4, 0.5) is 0 Å². The zero-order chi connectivity index (χ0) is 14.6. The van der Waals surface area contributed by atoms with Crippen LogP contribution in [0.3, 0.4) is 0 Å². The zero-order valence-electron chi connectivity index (χ0n) is 12.3. The van der Waals surface area contributed by atoms with Gasteiger partial charge in [0.1, 0.15) is 0 Å². The molecule has 3 atom stereocenters. The van der Waals surface area contributed by atoms with E-state index in [1.807, 2.05) is 0 Å². The number of nitrogens with one attached hydrogen (secondary N) is 2. The normalized spacial score (nSPS) is 30.2. The predicted octanol–water partition coefficient (Wildman–Crippen LogP) is 0.811. The molecule has 124 valence electrons. The van der Waals surface area contributed by atoms with Crippen molar-refractivity contribution in [2.45, 2.75) is 49.8 Å². The average Bonchev–Trinajstić information content (AvgIpc) is 2.47. The van der Waals surface area contributed by atoms with Crippen LogP contribution in [0, 0.1) is 5.92 Å². The van der Waals surface area contributed by atoms with Crippen LogP contribution in [0.5, 0.6) is 0 Å². The van der Waals surface area contributed by atoms with Crippen molar-refractivity contribution in [3.05, 3.63) is 0 Å². The number of piperidine rings is 1. The lowest BCUT2D eigenvalue weighted by Crippen LogP contribution is -2.51. The smallest absolute Gasteiger partial charge is 0.310 e. The summed E-state index contributed by atoms with van der Waals surface area (Å²) in [5.74, 6) is -0.926. The second-order valence-corrected chi connectivity index (χ2v) is 7.59. The monoisotopic (exact) mass is 340 g/mol. The molecule has 1 heterocycles. The molecule has 2 rings (SSSR count). The fourth-order valence-corrected chi connectivity index (χ4v) is 5.16. The van der Waals surface area contributed by atoms with Gasteiger partial charge in [0.15, 0.2) is 0 Å². The number of halogens is 1.